The van der Waals surface area contributed by atoms with Crippen LogP contribution in [0, 0.1) is 17.8 Å². The summed E-state index contributed by atoms with van der Waals surface area (Å²) in [7, 11) is 0. The van der Waals surface area contributed by atoms with E-state index in [9.17, 15) is 4.79 Å². The molecule has 0 heterocycles. The summed E-state index contributed by atoms with van der Waals surface area (Å²) in [6, 6.07) is 0. The van der Waals surface area contributed by atoms with Crippen molar-refractivity contribution < 1.29 is 4.79 Å². The van der Waals surface area contributed by atoms with Gasteiger partial charge in [-0.2, -0.15) is 0 Å². The van der Waals surface area contributed by atoms with Crippen LogP contribution >= 0.6 is 0 Å². The van der Waals surface area contributed by atoms with Crippen LogP contribution < -0.4 is 0 Å². The van der Waals surface area contributed by atoms with Gasteiger partial charge in [-0.05, 0) is 18.3 Å². The van der Waals surface area contributed by atoms with E-state index >= 15 is 0 Å². The maximum absolute atomic E-state index is 11.2. The molecule has 1 rings (SSSR count). The quantitative estimate of drug-likeness (QED) is 0.504. The number of carbonyl (C=O) groups excluding carboxylic acids is 1. The van der Waals surface area contributed by atoms with Gasteiger partial charge in [0.05, 0.1) is 0 Å². The standard InChI is InChI=1S/C9H16O/c1-6-4-5-9(10)8(3)7(6)2/h6-8H,4-5H2,1-3H3/t6-,7?,8-/m1/s1. The Labute approximate surface area is 62.8 Å². The molecule has 0 aromatic rings. The highest BCUT2D eigenvalue weighted by Gasteiger charge is 2.29. The van der Waals surface area contributed by atoms with Crippen LogP contribution in [0.2, 0.25) is 0 Å². The number of carbonyl (C=O) groups is 1. The van der Waals surface area contributed by atoms with Crippen molar-refractivity contribution in [3.8, 4) is 0 Å². The second-order valence-corrected chi connectivity index (χ2v) is 3.63. The number of rotatable bonds is 0. The van der Waals surface area contributed by atoms with Gasteiger partial charge in [0.25, 0.3) is 0 Å². The van der Waals surface area contributed by atoms with Gasteiger partial charge >= 0.3 is 0 Å². The third-order valence-electron chi connectivity index (χ3n) is 3.04. The summed E-state index contributed by atoms with van der Waals surface area (Å²) in [6.07, 6.45) is 1.91. The van der Waals surface area contributed by atoms with Crippen LogP contribution in [0.15, 0.2) is 0 Å². The molecule has 0 N–H and O–H groups in total. The maximum Gasteiger partial charge on any atom is 0.135 e. The second-order valence-electron chi connectivity index (χ2n) is 3.63. The molecule has 1 unspecified atom stereocenters. The lowest BCUT2D eigenvalue weighted by Gasteiger charge is -2.30. The summed E-state index contributed by atoms with van der Waals surface area (Å²) in [4.78, 5) is 11.2. The normalized spacial score (nSPS) is 41.9. The van der Waals surface area contributed by atoms with Gasteiger partial charge in [-0.1, -0.05) is 20.8 Å². The fraction of sp³-hybridized carbons (Fsp3) is 0.889. The van der Waals surface area contributed by atoms with Crippen LogP contribution in [-0.2, 0) is 4.79 Å². The van der Waals surface area contributed by atoms with Gasteiger partial charge in [0.15, 0.2) is 0 Å². The minimum Gasteiger partial charge on any atom is -0.299 e. The Kier molecular flexibility index (Phi) is 2.12. The Hall–Kier alpha value is -0.330. The van der Waals surface area contributed by atoms with Gasteiger partial charge < -0.3 is 0 Å². The number of Topliss-reactive ketones (excluding diaryl/α,β-unsaturated/α-hetero) is 1. The van der Waals surface area contributed by atoms with Crippen LogP contribution in [0.5, 0.6) is 0 Å². The Morgan fingerprint density at radius 2 is 1.90 bits per heavy atom. The average Bonchev–Trinajstić information content (AvgIpc) is 1.93. The second kappa shape index (κ2) is 2.73. The molecule has 1 heteroatoms. The van der Waals surface area contributed by atoms with Crippen molar-refractivity contribution >= 4 is 5.78 Å². The molecule has 0 radical (unpaired) electrons. The fourth-order valence-electron chi connectivity index (χ4n) is 1.65. The van der Waals surface area contributed by atoms with Crippen molar-refractivity contribution in [3.05, 3.63) is 0 Å². The van der Waals surface area contributed by atoms with E-state index in [4.69, 9.17) is 0 Å². The molecule has 1 aliphatic rings. The molecule has 0 spiro atoms. The first kappa shape index (κ1) is 7.77. The zero-order valence-corrected chi connectivity index (χ0v) is 7.05. The van der Waals surface area contributed by atoms with Crippen LogP contribution in [0.4, 0.5) is 0 Å². The molecule has 1 nitrogen and oxygen atoms in total. The van der Waals surface area contributed by atoms with E-state index in [1.54, 1.807) is 0 Å². The smallest absolute Gasteiger partial charge is 0.135 e. The third-order valence-corrected chi connectivity index (χ3v) is 3.04. The van der Waals surface area contributed by atoms with Crippen molar-refractivity contribution in [3.63, 3.8) is 0 Å². The molecule has 0 bridgehead atoms. The lowest BCUT2D eigenvalue weighted by Crippen LogP contribution is -2.29. The molecular formula is C9H16O. The largest absolute Gasteiger partial charge is 0.299 e. The SMILES string of the molecule is CC1[C@H](C)CCC(=O)[C@@H]1C. The van der Waals surface area contributed by atoms with Crippen molar-refractivity contribution in [1.82, 2.24) is 0 Å². The Balaban J connectivity index is 2.60. The first-order valence-electron chi connectivity index (χ1n) is 4.15. The van der Waals surface area contributed by atoms with Crippen LogP contribution in [0.1, 0.15) is 33.6 Å². The zero-order chi connectivity index (χ0) is 7.72. The van der Waals surface area contributed by atoms with E-state index in [2.05, 4.69) is 20.8 Å². The number of hydrogen-bond acceptors (Lipinski definition) is 1. The molecule has 0 aromatic heterocycles. The molecule has 3 atom stereocenters. The molecule has 0 aliphatic heterocycles. The summed E-state index contributed by atoms with van der Waals surface area (Å²) in [6.45, 7) is 6.49. The minimum absolute atomic E-state index is 0.309. The first-order chi connectivity index (χ1) is 4.63. The number of hydrogen-bond donors (Lipinski definition) is 0. The molecule has 0 amide bonds. The Bertz CT molecular complexity index is 140. The lowest BCUT2D eigenvalue weighted by molar-refractivity contribution is -0.127. The molecule has 0 aromatic carbocycles. The monoisotopic (exact) mass is 140 g/mol. The fourth-order valence-corrected chi connectivity index (χ4v) is 1.65. The molecule has 10 heavy (non-hydrogen) atoms. The lowest BCUT2D eigenvalue weighted by atomic mass is 9.74. The Morgan fingerprint density at radius 1 is 1.30 bits per heavy atom. The molecule has 1 saturated carbocycles. The zero-order valence-electron chi connectivity index (χ0n) is 7.05. The van der Waals surface area contributed by atoms with Crippen molar-refractivity contribution in [1.29, 1.82) is 0 Å². The van der Waals surface area contributed by atoms with E-state index in [0.717, 1.165) is 18.8 Å². The number of ketones is 1. The van der Waals surface area contributed by atoms with Gasteiger partial charge in [0.1, 0.15) is 5.78 Å². The van der Waals surface area contributed by atoms with Gasteiger partial charge in [-0.15, -0.1) is 0 Å². The molecule has 1 aliphatic carbocycles. The van der Waals surface area contributed by atoms with E-state index in [0.29, 0.717) is 17.6 Å². The summed E-state index contributed by atoms with van der Waals surface area (Å²) >= 11 is 0. The van der Waals surface area contributed by atoms with Crippen molar-refractivity contribution in [2.24, 2.45) is 17.8 Å². The van der Waals surface area contributed by atoms with E-state index in [1.165, 1.54) is 0 Å². The van der Waals surface area contributed by atoms with E-state index < -0.39 is 0 Å². The van der Waals surface area contributed by atoms with Crippen LogP contribution in [0.25, 0.3) is 0 Å². The average molecular weight is 140 g/mol. The summed E-state index contributed by atoms with van der Waals surface area (Å²) in [5, 5.41) is 0. The van der Waals surface area contributed by atoms with Gasteiger partial charge in [0.2, 0.25) is 0 Å². The van der Waals surface area contributed by atoms with E-state index in [1.807, 2.05) is 0 Å². The predicted molar refractivity (Wildman–Crippen MR) is 41.7 cm³/mol. The predicted octanol–water partition coefficient (Wildman–Crippen LogP) is 2.26. The van der Waals surface area contributed by atoms with Crippen molar-refractivity contribution in [2.75, 3.05) is 0 Å². The minimum atomic E-state index is 0.309. The topological polar surface area (TPSA) is 17.1 Å². The molecular weight excluding hydrogens is 124 g/mol. The highest BCUT2D eigenvalue weighted by molar-refractivity contribution is 5.81. The van der Waals surface area contributed by atoms with Gasteiger partial charge in [0, 0.05) is 12.3 Å². The molecule has 1 fully saturated rings. The third kappa shape index (κ3) is 1.23. The van der Waals surface area contributed by atoms with Crippen molar-refractivity contribution in [2.45, 2.75) is 33.6 Å². The highest BCUT2D eigenvalue weighted by Crippen LogP contribution is 2.31. The van der Waals surface area contributed by atoms with Gasteiger partial charge in [-0.3, -0.25) is 4.79 Å². The maximum atomic E-state index is 11.2. The summed E-state index contributed by atoms with van der Waals surface area (Å²) in [5.41, 5.74) is 0. The highest BCUT2D eigenvalue weighted by atomic mass is 16.1. The van der Waals surface area contributed by atoms with Gasteiger partial charge in [-0.25, -0.2) is 0 Å². The summed E-state index contributed by atoms with van der Waals surface area (Å²) < 4.78 is 0. The van der Waals surface area contributed by atoms with E-state index in [-0.39, 0.29) is 0 Å². The Morgan fingerprint density at radius 3 is 2.40 bits per heavy atom. The summed E-state index contributed by atoms with van der Waals surface area (Å²) in [5.74, 6) is 2.11. The molecule has 58 valence electrons. The van der Waals surface area contributed by atoms with Crippen LogP contribution in [0.3, 0.4) is 0 Å². The first-order valence-corrected chi connectivity index (χ1v) is 4.15. The van der Waals surface area contributed by atoms with Crippen LogP contribution in [-0.4, -0.2) is 5.78 Å². The molecule has 0 saturated heterocycles.